The molecule has 3 heteroatoms. The number of hydrogen-bond donors (Lipinski definition) is 2. The Labute approximate surface area is 121 Å². The molecular formula is C17H24N2O. The summed E-state index contributed by atoms with van der Waals surface area (Å²) in [6.45, 7) is 2.81. The van der Waals surface area contributed by atoms with Gasteiger partial charge in [0.1, 0.15) is 0 Å². The van der Waals surface area contributed by atoms with Crippen molar-refractivity contribution in [3.8, 4) is 0 Å². The molecule has 0 aliphatic carbocycles. The molecule has 1 aromatic rings. The van der Waals surface area contributed by atoms with Crippen LogP contribution in [0.4, 0.5) is 0 Å². The normalized spacial score (nSPS) is 14.7. The lowest BCUT2D eigenvalue weighted by molar-refractivity contribution is -0.121. The first-order valence-corrected chi connectivity index (χ1v) is 7.54. The predicted octanol–water partition coefficient (Wildman–Crippen LogP) is 2.44. The van der Waals surface area contributed by atoms with Crippen LogP contribution in [0.2, 0.25) is 0 Å². The number of hydrogen-bond acceptors (Lipinski definition) is 2. The molecule has 0 unspecified atom stereocenters. The highest BCUT2D eigenvalue weighted by molar-refractivity contribution is 5.75. The van der Waals surface area contributed by atoms with Gasteiger partial charge in [-0.05, 0) is 37.8 Å². The summed E-state index contributed by atoms with van der Waals surface area (Å²) < 4.78 is 0. The molecule has 108 valence electrons. The van der Waals surface area contributed by atoms with Gasteiger partial charge in [0.05, 0.1) is 0 Å². The second-order valence-electron chi connectivity index (χ2n) is 5.26. The first kappa shape index (κ1) is 14.8. The lowest BCUT2D eigenvalue weighted by atomic mass is 10.1. The summed E-state index contributed by atoms with van der Waals surface area (Å²) in [5.41, 5.74) is 2.77. The highest BCUT2D eigenvalue weighted by Crippen LogP contribution is 2.08. The average molecular weight is 272 g/mol. The van der Waals surface area contributed by atoms with Crippen LogP contribution in [-0.2, 0) is 11.2 Å². The quantitative estimate of drug-likeness (QED) is 0.749. The van der Waals surface area contributed by atoms with Crippen molar-refractivity contribution < 1.29 is 4.79 Å². The van der Waals surface area contributed by atoms with Crippen LogP contribution >= 0.6 is 0 Å². The van der Waals surface area contributed by atoms with Gasteiger partial charge in [0, 0.05) is 19.5 Å². The predicted molar refractivity (Wildman–Crippen MR) is 82.6 cm³/mol. The lowest BCUT2D eigenvalue weighted by Gasteiger charge is -2.14. The summed E-state index contributed by atoms with van der Waals surface area (Å²) in [6.07, 6.45) is 6.87. The van der Waals surface area contributed by atoms with E-state index in [2.05, 4.69) is 28.8 Å². The minimum atomic E-state index is 0.176. The zero-order valence-corrected chi connectivity index (χ0v) is 12.0. The molecule has 1 aromatic carbocycles. The van der Waals surface area contributed by atoms with Crippen molar-refractivity contribution in [3.05, 3.63) is 47.5 Å². The molecule has 0 saturated carbocycles. The molecule has 0 saturated heterocycles. The van der Waals surface area contributed by atoms with E-state index in [-0.39, 0.29) is 5.91 Å². The number of benzene rings is 1. The van der Waals surface area contributed by atoms with Gasteiger partial charge >= 0.3 is 0 Å². The molecule has 2 N–H and O–H groups in total. The van der Waals surface area contributed by atoms with Gasteiger partial charge in [0.25, 0.3) is 0 Å². The van der Waals surface area contributed by atoms with Crippen LogP contribution in [0.5, 0.6) is 0 Å². The average Bonchev–Trinajstić information content (AvgIpc) is 2.49. The maximum absolute atomic E-state index is 11.7. The van der Waals surface area contributed by atoms with Gasteiger partial charge in [-0.25, -0.2) is 0 Å². The van der Waals surface area contributed by atoms with Gasteiger partial charge in [0.2, 0.25) is 5.91 Å². The van der Waals surface area contributed by atoms with Crippen molar-refractivity contribution in [1.29, 1.82) is 0 Å². The van der Waals surface area contributed by atoms with Gasteiger partial charge in [-0.1, -0.05) is 42.0 Å². The second-order valence-corrected chi connectivity index (χ2v) is 5.26. The Bertz CT molecular complexity index is 440. The van der Waals surface area contributed by atoms with E-state index in [4.69, 9.17) is 0 Å². The highest BCUT2D eigenvalue weighted by Gasteiger charge is 2.04. The van der Waals surface area contributed by atoms with Crippen LogP contribution in [0, 0.1) is 0 Å². The van der Waals surface area contributed by atoms with Gasteiger partial charge in [-0.2, -0.15) is 0 Å². The molecule has 0 atom stereocenters. The van der Waals surface area contributed by atoms with Gasteiger partial charge in [-0.3, -0.25) is 4.79 Å². The fraction of sp³-hybridized carbons (Fsp3) is 0.471. The molecule has 1 aliphatic heterocycles. The minimum Gasteiger partial charge on any atom is -0.356 e. The Balaban J connectivity index is 1.55. The topological polar surface area (TPSA) is 41.1 Å². The molecule has 20 heavy (non-hydrogen) atoms. The van der Waals surface area contributed by atoms with Gasteiger partial charge < -0.3 is 10.6 Å². The molecule has 3 nitrogen and oxygen atoms in total. The van der Waals surface area contributed by atoms with Crippen molar-refractivity contribution >= 4 is 5.91 Å². The Kier molecular flexibility index (Phi) is 6.32. The molecule has 0 fully saturated rings. The summed E-state index contributed by atoms with van der Waals surface area (Å²) in [7, 11) is 0. The Hall–Kier alpha value is -1.61. The van der Waals surface area contributed by atoms with Gasteiger partial charge in [-0.15, -0.1) is 0 Å². The summed E-state index contributed by atoms with van der Waals surface area (Å²) in [5, 5.41) is 6.31. The number of carbonyl (C=O) groups is 1. The van der Waals surface area contributed by atoms with E-state index in [0.29, 0.717) is 6.42 Å². The first-order chi connectivity index (χ1) is 9.84. The molecule has 0 bridgehead atoms. The van der Waals surface area contributed by atoms with E-state index < -0.39 is 0 Å². The minimum absolute atomic E-state index is 0.176. The largest absolute Gasteiger partial charge is 0.356 e. The second kappa shape index (κ2) is 8.54. The van der Waals surface area contributed by atoms with Crippen molar-refractivity contribution in [3.63, 3.8) is 0 Å². The third kappa shape index (κ3) is 5.57. The Morgan fingerprint density at radius 1 is 1.20 bits per heavy atom. The van der Waals surface area contributed by atoms with Crippen molar-refractivity contribution in [2.75, 3.05) is 19.6 Å². The molecule has 1 aliphatic rings. The third-order valence-electron chi connectivity index (χ3n) is 3.64. The van der Waals surface area contributed by atoms with Gasteiger partial charge in [0.15, 0.2) is 0 Å². The van der Waals surface area contributed by atoms with E-state index >= 15 is 0 Å². The highest BCUT2D eigenvalue weighted by atomic mass is 16.1. The number of aryl methyl sites for hydroxylation is 1. The van der Waals surface area contributed by atoms with Crippen molar-refractivity contribution in [2.45, 2.75) is 32.1 Å². The number of nitrogens with one attached hydrogen (secondary N) is 2. The molecule has 1 heterocycles. The standard InChI is InChI=1S/C17H24N2O/c20-17(8-4-7-15-5-2-1-3-6-15)19-14-11-16-9-12-18-13-10-16/h1-3,5-6,9,18H,4,7-8,10-14H2,(H,19,20). The van der Waals surface area contributed by atoms with E-state index in [1.165, 1.54) is 11.1 Å². The van der Waals surface area contributed by atoms with Crippen LogP contribution < -0.4 is 10.6 Å². The van der Waals surface area contributed by atoms with E-state index in [1.807, 2.05) is 18.2 Å². The van der Waals surface area contributed by atoms with Crippen LogP contribution in [0.1, 0.15) is 31.2 Å². The van der Waals surface area contributed by atoms with Crippen LogP contribution in [0.25, 0.3) is 0 Å². The zero-order chi connectivity index (χ0) is 14.0. The van der Waals surface area contributed by atoms with E-state index in [0.717, 1.165) is 45.3 Å². The van der Waals surface area contributed by atoms with E-state index in [1.54, 1.807) is 0 Å². The summed E-state index contributed by atoms with van der Waals surface area (Å²) >= 11 is 0. The smallest absolute Gasteiger partial charge is 0.220 e. The summed E-state index contributed by atoms with van der Waals surface area (Å²) in [4.78, 5) is 11.7. The van der Waals surface area contributed by atoms with Crippen molar-refractivity contribution in [1.82, 2.24) is 10.6 Å². The van der Waals surface area contributed by atoms with Crippen LogP contribution in [0.15, 0.2) is 42.0 Å². The first-order valence-electron chi connectivity index (χ1n) is 7.54. The van der Waals surface area contributed by atoms with E-state index in [9.17, 15) is 4.79 Å². The fourth-order valence-electron chi connectivity index (χ4n) is 2.45. The lowest BCUT2D eigenvalue weighted by Crippen LogP contribution is -2.26. The molecule has 0 spiro atoms. The number of rotatable bonds is 7. The monoisotopic (exact) mass is 272 g/mol. The Morgan fingerprint density at radius 3 is 2.80 bits per heavy atom. The summed E-state index contributed by atoms with van der Waals surface area (Å²) in [6, 6.07) is 10.3. The molecule has 1 amide bonds. The van der Waals surface area contributed by atoms with Crippen LogP contribution in [0.3, 0.4) is 0 Å². The zero-order valence-electron chi connectivity index (χ0n) is 12.0. The third-order valence-corrected chi connectivity index (χ3v) is 3.64. The maximum atomic E-state index is 11.7. The maximum Gasteiger partial charge on any atom is 0.220 e. The Morgan fingerprint density at radius 2 is 2.05 bits per heavy atom. The summed E-state index contributed by atoms with van der Waals surface area (Å²) in [5.74, 6) is 0.176. The molecule has 0 aromatic heterocycles. The van der Waals surface area contributed by atoms with Crippen LogP contribution in [-0.4, -0.2) is 25.5 Å². The molecule has 0 radical (unpaired) electrons. The number of amides is 1. The number of carbonyl (C=O) groups excluding carboxylic acids is 1. The molecule has 2 rings (SSSR count). The fourth-order valence-corrected chi connectivity index (χ4v) is 2.45. The molecular weight excluding hydrogens is 248 g/mol. The SMILES string of the molecule is O=C(CCCc1ccccc1)NCCC1=CCNCC1. The van der Waals surface area contributed by atoms with Crippen molar-refractivity contribution in [2.24, 2.45) is 0 Å².